The number of ether oxygens (including phenoxy) is 1. The predicted octanol–water partition coefficient (Wildman–Crippen LogP) is 3.62. The minimum atomic E-state index is -3.55. The van der Waals surface area contributed by atoms with E-state index in [2.05, 4.69) is 29.0 Å². The molecule has 0 aromatic heterocycles. The molecule has 1 amide bonds. The summed E-state index contributed by atoms with van der Waals surface area (Å²) in [6.45, 7) is 5.20. The van der Waals surface area contributed by atoms with Crippen LogP contribution < -0.4 is 9.46 Å². The smallest absolute Gasteiger partial charge is 0.260 e. The first-order valence-electron chi connectivity index (χ1n) is 10.9. The number of sulfonamides is 1. The maximum absolute atomic E-state index is 12.5. The van der Waals surface area contributed by atoms with Crippen LogP contribution in [0.25, 0.3) is 0 Å². The lowest BCUT2D eigenvalue weighted by Crippen LogP contribution is -2.41. The Kier molecular flexibility index (Phi) is 8.09. The van der Waals surface area contributed by atoms with Gasteiger partial charge in [0.05, 0.1) is 4.90 Å². The molecule has 7 heteroatoms. The topological polar surface area (TPSA) is 75.7 Å². The average Bonchev–Trinajstić information content (AvgIpc) is 2.78. The van der Waals surface area contributed by atoms with E-state index < -0.39 is 10.0 Å². The van der Waals surface area contributed by atoms with E-state index in [9.17, 15) is 13.2 Å². The first kappa shape index (κ1) is 23.3. The maximum atomic E-state index is 12.5. The van der Waals surface area contributed by atoms with Gasteiger partial charge >= 0.3 is 0 Å². The van der Waals surface area contributed by atoms with Gasteiger partial charge in [-0.05, 0) is 68.4 Å². The van der Waals surface area contributed by atoms with Crippen LogP contribution in [0.3, 0.4) is 0 Å². The Morgan fingerprint density at radius 3 is 2.35 bits per heavy atom. The molecule has 1 atom stereocenters. The van der Waals surface area contributed by atoms with Gasteiger partial charge < -0.3 is 9.64 Å². The quantitative estimate of drug-likeness (QED) is 0.641. The van der Waals surface area contributed by atoms with Crippen molar-refractivity contribution in [3.8, 4) is 5.75 Å². The zero-order chi connectivity index (χ0) is 22.3. The van der Waals surface area contributed by atoms with Gasteiger partial charge in [-0.3, -0.25) is 4.79 Å². The molecule has 1 heterocycles. The molecular weight excluding hydrogens is 412 g/mol. The van der Waals surface area contributed by atoms with E-state index in [-0.39, 0.29) is 23.5 Å². The van der Waals surface area contributed by atoms with Gasteiger partial charge in [0, 0.05) is 19.1 Å². The molecule has 0 unspecified atom stereocenters. The van der Waals surface area contributed by atoms with E-state index in [1.54, 1.807) is 12.1 Å². The summed E-state index contributed by atoms with van der Waals surface area (Å²) in [6.07, 6.45) is 3.76. The third kappa shape index (κ3) is 6.80. The summed E-state index contributed by atoms with van der Waals surface area (Å²) in [5.74, 6) is 1.05. The summed E-state index contributed by atoms with van der Waals surface area (Å²) in [7, 11) is -3.55. The highest BCUT2D eigenvalue weighted by Gasteiger charge is 2.23. The van der Waals surface area contributed by atoms with Crippen molar-refractivity contribution in [2.75, 3.05) is 19.7 Å². The molecule has 6 nitrogen and oxygen atoms in total. The van der Waals surface area contributed by atoms with Crippen molar-refractivity contribution in [3.63, 3.8) is 0 Å². The molecule has 1 fully saturated rings. The molecule has 0 saturated carbocycles. The number of rotatable bonds is 9. The van der Waals surface area contributed by atoms with Crippen molar-refractivity contribution in [2.45, 2.75) is 50.5 Å². The van der Waals surface area contributed by atoms with Gasteiger partial charge in [0.2, 0.25) is 10.0 Å². The van der Waals surface area contributed by atoms with Crippen LogP contribution in [0, 0.1) is 5.92 Å². The predicted molar refractivity (Wildman–Crippen MR) is 121 cm³/mol. The molecule has 2 aromatic carbocycles. The minimum Gasteiger partial charge on any atom is -0.484 e. The van der Waals surface area contributed by atoms with Crippen LogP contribution in [0.1, 0.15) is 38.7 Å². The van der Waals surface area contributed by atoms with E-state index in [1.165, 1.54) is 17.7 Å². The zero-order valence-corrected chi connectivity index (χ0v) is 19.1. The van der Waals surface area contributed by atoms with Crippen LogP contribution in [0.2, 0.25) is 0 Å². The lowest BCUT2D eigenvalue weighted by atomic mass is 9.90. The molecule has 0 spiro atoms. The summed E-state index contributed by atoms with van der Waals surface area (Å²) >= 11 is 0. The second-order valence-electron chi connectivity index (χ2n) is 8.20. The van der Waals surface area contributed by atoms with Gasteiger partial charge in [-0.25, -0.2) is 13.1 Å². The van der Waals surface area contributed by atoms with Crippen LogP contribution in [0.15, 0.2) is 59.5 Å². The third-order valence-electron chi connectivity index (χ3n) is 5.80. The van der Waals surface area contributed by atoms with E-state index >= 15 is 0 Å². The number of nitrogens with one attached hydrogen (secondary N) is 1. The van der Waals surface area contributed by atoms with Gasteiger partial charge in [0.1, 0.15) is 5.75 Å². The van der Waals surface area contributed by atoms with Crippen molar-refractivity contribution >= 4 is 15.9 Å². The average molecular weight is 445 g/mol. The number of likely N-dealkylation sites (tertiary alicyclic amines) is 1. The summed E-state index contributed by atoms with van der Waals surface area (Å²) in [5, 5.41) is 0. The van der Waals surface area contributed by atoms with Crippen molar-refractivity contribution in [1.29, 1.82) is 0 Å². The molecule has 1 N–H and O–H groups in total. The molecule has 0 aliphatic carbocycles. The van der Waals surface area contributed by atoms with Crippen LogP contribution in [-0.2, 0) is 21.2 Å². The highest BCUT2D eigenvalue weighted by Crippen LogP contribution is 2.22. The summed E-state index contributed by atoms with van der Waals surface area (Å²) in [5.41, 5.74) is 1.35. The lowest BCUT2D eigenvalue weighted by Gasteiger charge is -2.32. The van der Waals surface area contributed by atoms with E-state index in [0.29, 0.717) is 18.1 Å². The Morgan fingerprint density at radius 1 is 1.10 bits per heavy atom. The molecule has 31 heavy (non-hydrogen) atoms. The number of carbonyl (C=O) groups excluding carboxylic acids is 1. The van der Waals surface area contributed by atoms with Crippen LogP contribution in [-0.4, -0.2) is 45.0 Å². The first-order valence-corrected chi connectivity index (χ1v) is 12.4. The van der Waals surface area contributed by atoms with Crippen molar-refractivity contribution in [2.24, 2.45) is 5.92 Å². The SMILES string of the molecule is CC[C@@H](C)NS(=O)(=O)c1ccc(OCC(=O)N2CCC(Cc3ccccc3)CC2)cc1. The number of piperidine rings is 1. The number of hydrogen-bond acceptors (Lipinski definition) is 4. The molecule has 0 bridgehead atoms. The number of benzene rings is 2. The maximum Gasteiger partial charge on any atom is 0.260 e. The Labute approximate surface area is 185 Å². The van der Waals surface area contributed by atoms with Crippen molar-refractivity contribution in [1.82, 2.24) is 9.62 Å². The second kappa shape index (κ2) is 10.8. The monoisotopic (exact) mass is 444 g/mol. The summed E-state index contributed by atoms with van der Waals surface area (Å²) < 4.78 is 32.9. The summed E-state index contributed by atoms with van der Waals surface area (Å²) in [4.78, 5) is 14.6. The molecule has 1 aliphatic heterocycles. The Morgan fingerprint density at radius 2 is 1.74 bits per heavy atom. The van der Waals surface area contributed by atoms with Gasteiger partial charge in [-0.2, -0.15) is 0 Å². The van der Waals surface area contributed by atoms with Gasteiger partial charge in [0.25, 0.3) is 5.91 Å². The molecule has 1 aliphatic rings. The number of amides is 1. The van der Waals surface area contributed by atoms with Gasteiger partial charge in [-0.1, -0.05) is 37.3 Å². The van der Waals surface area contributed by atoms with Crippen molar-refractivity contribution in [3.05, 3.63) is 60.2 Å². The van der Waals surface area contributed by atoms with E-state index in [1.807, 2.05) is 24.8 Å². The molecule has 0 radical (unpaired) electrons. The number of nitrogens with zero attached hydrogens (tertiary/aromatic N) is 1. The van der Waals surface area contributed by atoms with Gasteiger partial charge in [0.15, 0.2) is 6.61 Å². The molecule has 168 valence electrons. The number of carbonyl (C=O) groups is 1. The second-order valence-corrected chi connectivity index (χ2v) is 9.92. The lowest BCUT2D eigenvalue weighted by molar-refractivity contribution is -0.134. The van der Waals surface area contributed by atoms with Crippen LogP contribution in [0.5, 0.6) is 5.75 Å². The standard InChI is InChI=1S/C24H32N2O4S/c1-3-19(2)25-31(28,29)23-11-9-22(10-12-23)30-18-24(27)26-15-13-21(14-16-26)17-20-7-5-4-6-8-20/h4-12,19,21,25H,3,13-18H2,1-2H3/t19-/m1/s1. The fourth-order valence-electron chi connectivity index (χ4n) is 3.70. The normalized spacial score (nSPS) is 16.1. The van der Waals surface area contributed by atoms with E-state index in [0.717, 1.165) is 32.4 Å². The molecule has 2 aromatic rings. The largest absolute Gasteiger partial charge is 0.484 e. The van der Waals surface area contributed by atoms with Gasteiger partial charge in [-0.15, -0.1) is 0 Å². The van der Waals surface area contributed by atoms with Crippen molar-refractivity contribution < 1.29 is 17.9 Å². The van der Waals surface area contributed by atoms with Crippen LogP contribution >= 0.6 is 0 Å². The fourth-order valence-corrected chi connectivity index (χ4v) is 5.03. The first-order chi connectivity index (χ1) is 14.9. The Balaban J connectivity index is 1.44. The minimum absolute atomic E-state index is 0.0340. The highest BCUT2D eigenvalue weighted by atomic mass is 32.2. The Bertz CT molecular complexity index is 937. The fraction of sp³-hybridized carbons (Fsp3) is 0.458. The molecule has 3 rings (SSSR count). The van der Waals surface area contributed by atoms with E-state index in [4.69, 9.17) is 4.74 Å². The Hall–Kier alpha value is -2.38. The summed E-state index contributed by atoms with van der Waals surface area (Å²) in [6, 6.07) is 16.5. The molecule has 1 saturated heterocycles. The third-order valence-corrected chi connectivity index (χ3v) is 7.40. The molecular formula is C24H32N2O4S. The zero-order valence-electron chi connectivity index (χ0n) is 18.3. The number of hydrogen-bond donors (Lipinski definition) is 1. The van der Waals surface area contributed by atoms with Crippen LogP contribution in [0.4, 0.5) is 0 Å². The highest BCUT2D eigenvalue weighted by molar-refractivity contribution is 7.89.